The van der Waals surface area contributed by atoms with E-state index < -0.39 is 0 Å². The molecule has 0 aliphatic rings. The molecule has 0 unspecified atom stereocenters. The highest BCUT2D eigenvalue weighted by molar-refractivity contribution is 6.18. The maximum Gasteiger partial charge on any atom is 0.150 e. The minimum Gasteiger partial charge on any atom is -0.508 e. The molecule has 0 heterocycles. The van der Waals surface area contributed by atoms with E-state index in [9.17, 15) is 9.59 Å². The number of phenols is 2. The minimum atomic E-state index is 0. The fraction of sp³-hybridized carbons (Fsp3) is 0.406. The second-order valence-electron chi connectivity index (χ2n) is 18.7. The van der Waals surface area contributed by atoms with Crippen molar-refractivity contribution in [3.05, 3.63) is 179 Å². The number of hydrogen-bond donors (Lipinski definition) is 5. The van der Waals surface area contributed by atoms with Gasteiger partial charge in [-0.3, -0.25) is 9.59 Å². The van der Waals surface area contributed by atoms with Crippen LogP contribution in [0.15, 0.2) is 146 Å². The number of benzene rings is 6. The Morgan fingerprint density at radius 2 is 0.565 bits per heavy atom. The summed E-state index contributed by atoms with van der Waals surface area (Å²) in [5.74, 6) is 5.10. The van der Waals surface area contributed by atoms with Crippen LogP contribution in [0, 0.1) is 0 Å². The summed E-state index contributed by atoms with van der Waals surface area (Å²) in [5.41, 5.74) is 4.99. The van der Waals surface area contributed by atoms with Gasteiger partial charge in [0.2, 0.25) is 0 Å². The molecule has 0 saturated carbocycles. The normalized spacial score (nSPS) is 9.62. The zero-order valence-corrected chi connectivity index (χ0v) is 55.8. The predicted octanol–water partition coefficient (Wildman–Crippen LogP) is 11.2. The van der Waals surface area contributed by atoms with Crippen LogP contribution in [0.5, 0.6) is 34.5 Å². The average Bonchev–Trinajstić information content (AvgIpc) is 3.52. The van der Waals surface area contributed by atoms with Gasteiger partial charge in [0.1, 0.15) is 73.5 Å². The Hall–Kier alpha value is -5.41. The van der Waals surface area contributed by atoms with E-state index in [-0.39, 0.29) is 68.5 Å². The van der Waals surface area contributed by atoms with Crippen molar-refractivity contribution in [3.63, 3.8) is 0 Å². The van der Waals surface area contributed by atoms with Gasteiger partial charge in [0, 0.05) is 55.6 Å². The number of likely N-dealkylation sites (N-methyl/N-ethyl adjacent to an activating group) is 4. The van der Waals surface area contributed by atoms with Gasteiger partial charge in [0.15, 0.2) is 0 Å². The number of carbonyl (C=O) groups excluding carboxylic acids is 2. The molecule has 21 heteroatoms. The van der Waals surface area contributed by atoms with Gasteiger partial charge in [-0.25, -0.2) is 0 Å². The van der Waals surface area contributed by atoms with Crippen LogP contribution in [0.4, 0.5) is 0 Å². The van der Waals surface area contributed by atoms with E-state index in [0.29, 0.717) is 43.4 Å². The summed E-state index contributed by atoms with van der Waals surface area (Å²) in [5, 5.41) is 43.7. The van der Waals surface area contributed by atoms with Crippen LogP contribution >= 0.6 is 60.4 Å². The topological polar surface area (TPSA) is 188 Å². The molecule has 6 rings (SSSR count). The molecule has 0 spiro atoms. The van der Waals surface area contributed by atoms with Crippen LogP contribution in [0.3, 0.4) is 0 Å². The maximum absolute atomic E-state index is 10.4. The number of ether oxygens (including phenoxy) is 4. The van der Waals surface area contributed by atoms with Crippen LogP contribution in [0.25, 0.3) is 0 Å². The third-order valence-electron chi connectivity index (χ3n) is 10.2. The lowest BCUT2D eigenvalue weighted by atomic mass is 10.2. The van der Waals surface area contributed by atoms with E-state index in [1.54, 1.807) is 60.7 Å². The zero-order chi connectivity index (χ0) is 61.9. The average molecular weight is 1290 g/mol. The number of carbonyl (C=O) groups is 2. The van der Waals surface area contributed by atoms with Crippen LogP contribution in [0.1, 0.15) is 56.8 Å². The number of alkyl halides is 2. The van der Waals surface area contributed by atoms with Gasteiger partial charge >= 0.3 is 0 Å². The molecule has 0 amide bonds. The molecule has 6 aromatic rings. The molecule has 0 aromatic heterocycles. The molecule has 0 atom stereocenters. The lowest BCUT2D eigenvalue weighted by Crippen LogP contribution is -2.19. The minimum absolute atomic E-state index is 0. The number of phenolic OH excluding ortho intramolecular Hbond substituents is 2. The molecule has 85 heavy (non-hydrogen) atoms. The molecule has 6 aromatic carbocycles. The molecule has 0 aliphatic heterocycles. The molecule has 0 fully saturated rings. The lowest BCUT2D eigenvalue weighted by Gasteiger charge is -2.10. The van der Waals surface area contributed by atoms with Gasteiger partial charge in [-0.2, -0.15) is 0 Å². The van der Waals surface area contributed by atoms with Crippen LogP contribution in [-0.4, -0.2) is 198 Å². The first-order chi connectivity index (χ1) is 39.3. The first kappa shape index (κ1) is 88.4. The number of aliphatic hydroxyl groups is 3. The number of aliphatic hydroxyl groups excluding tert-OH is 3. The van der Waals surface area contributed by atoms with Crippen molar-refractivity contribution in [3.8, 4) is 34.5 Å². The van der Waals surface area contributed by atoms with E-state index in [0.717, 1.165) is 96.4 Å². The van der Waals surface area contributed by atoms with E-state index in [1.165, 1.54) is 12.1 Å². The van der Waals surface area contributed by atoms with Crippen LogP contribution < -0.4 is 18.9 Å². The number of halogens is 5. The van der Waals surface area contributed by atoms with Gasteiger partial charge in [0.25, 0.3) is 0 Å². The molecule has 16 nitrogen and oxygen atoms in total. The quantitative estimate of drug-likeness (QED) is 0.0284. The largest absolute Gasteiger partial charge is 0.508 e. The molecule has 0 saturated heterocycles. The molecule has 480 valence electrons. The Morgan fingerprint density at radius 3 is 0.765 bits per heavy atom. The Bertz CT molecular complexity index is 2260. The maximum atomic E-state index is 10.4. The van der Waals surface area contributed by atoms with Crippen molar-refractivity contribution in [1.82, 2.24) is 24.5 Å². The third kappa shape index (κ3) is 52.6. The summed E-state index contributed by atoms with van der Waals surface area (Å²) < 4.78 is 22.0. The summed E-state index contributed by atoms with van der Waals surface area (Å²) in [4.78, 5) is 30.7. The van der Waals surface area contributed by atoms with Crippen molar-refractivity contribution in [1.29, 1.82) is 0 Å². The third-order valence-corrected chi connectivity index (χ3v) is 10.7. The molecular weight excluding hydrogens is 1190 g/mol. The van der Waals surface area contributed by atoms with Crippen LogP contribution in [0.2, 0.25) is 0 Å². The van der Waals surface area contributed by atoms with E-state index in [4.69, 9.17) is 67.7 Å². The summed E-state index contributed by atoms with van der Waals surface area (Å²) in [6, 6.07) is 42.5. The van der Waals surface area contributed by atoms with Crippen molar-refractivity contribution < 1.29 is 54.1 Å². The number of aromatic hydroxyl groups is 2. The van der Waals surface area contributed by atoms with E-state index in [2.05, 4.69) is 19.6 Å². The second-order valence-corrected chi connectivity index (χ2v) is 19.3. The van der Waals surface area contributed by atoms with Crippen molar-refractivity contribution in [2.24, 2.45) is 0 Å². The molecular formula is C64H98Cl5N5O11. The Kier molecular flexibility index (Phi) is 61.3. The Morgan fingerprint density at radius 1 is 0.353 bits per heavy atom. The highest BCUT2D eigenvalue weighted by Gasteiger charge is 1.99. The lowest BCUT2D eigenvalue weighted by molar-refractivity contribution is 0.111. The number of nitrogens with zero attached hydrogens (tertiary/aromatic N) is 5. The Balaban J connectivity index is -0.000000294. The Labute approximate surface area is 537 Å². The van der Waals surface area contributed by atoms with Gasteiger partial charge in [0.05, 0.1) is 19.8 Å². The summed E-state index contributed by atoms with van der Waals surface area (Å²) in [6.07, 6.45) is 1.56. The number of hydrogen-bond acceptors (Lipinski definition) is 16. The van der Waals surface area contributed by atoms with Crippen LogP contribution in [-0.2, 0) is 25.7 Å². The molecule has 0 aliphatic carbocycles. The highest BCUT2D eigenvalue weighted by atomic mass is 35.5. The first-order valence-corrected chi connectivity index (χ1v) is 27.9. The first-order valence-electron chi connectivity index (χ1n) is 26.8. The standard InChI is InChI=1S/C11H16ClNO.2C11H17NO2.C11H15NO2.C7H8O2.C7H6O2.C4H10ClN.C2H6.3ClH/c1-13(2)7-8-14-11-5-3-10(9-12)4-6-11;3*1-12(2)7-8-14-11-5-3-10(9-13)4-6-11;2*8-5-6-1-3-7(9)4-2-6;1-6(2)4-3-5;1-2;;;/h3-6H,7-9H2,1-2H3;2*3-6,13H,7-9H2,1-2H3;3-6,9H,7-8H2,1-2H3;1-4,8-9H,5H2;1-5,9H;3-4H2,1-2H3;1-2H3;3*1H. The summed E-state index contributed by atoms with van der Waals surface area (Å²) in [7, 11) is 20.1. The summed E-state index contributed by atoms with van der Waals surface area (Å²) in [6.45, 7) is 11.5. The van der Waals surface area contributed by atoms with Gasteiger partial charge in [-0.1, -0.05) is 62.4 Å². The van der Waals surface area contributed by atoms with E-state index >= 15 is 0 Å². The fourth-order valence-corrected chi connectivity index (χ4v) is 5.92. The molecule has 0 radical (unpaired) electrons. The van der Waals surface area contributed by atoms with Gasteiger partial charge < -0.3 is 69.0 Å². The van der Waals surface area contributed by atoms with Crippen molar-refractivity contribution in [2.45, 2.75) is 39.5 Å². The SMILES string of the molecule is CC.CN(C)CCCl.CN(C)CCOc1ccc(C=O)cc1.CN(C)CCOc1ccc(CCl)cc1.CN(C)CCOc1ccc(CO)cc1.CN(C)CCOc1ccc(CO)cc1.Cl.Cl.Cl.O=Cc1ccc(O)cc1.OCc1ccc(O)cc1. The number of aldehydes is 2. The molecule has 5 N–H and O–H groups in total. The highest BCUT2D eigenvalue weighted by Crippen LogP contribution is 2.15. The second kappa shape index (κ2) is 58.9. The summed E-state index contributed by atoms with van der Waals surface area (Å²) >= 11 is 11.0. The molecule has 0 bridgehead atoms. The monoisotopic (exact) mass is 1290 g/mol. The zero-order valence-electron chi connectivity index (χ0n) is 51.8. The number of rotatable bonds is 24. The predicted molar refractivity (Wildman–Crippen MR) is 359 cm³/mol. The smallest absolute Gasteiger partial charge is 0.150 e. The van der Waals surface area contributed by atoms with Crippen molar-refractivity contribution in [2.75, 3.05) is 136 Å². The van der Waals surface area contributed by atoms with Gasteiger partial charge in [-0.15, -0.1) is 60.4 Å². The fourth-order valence-electron chi connectivity index (χ4n) is 5.41. The van der Waals surface area contributed by atoms with E-state index in [1.807, 2.05) is 162 Å². The van der Waals surface area contributed by atoms with Gasteiger partial charge in [-0.05, 0) is 190 Å². The van der Waals surface area contributed by atoms with Crippen molar-refractivity contribution >= 4 is 73.0 Å².